The van der Waals surface area contributed by atoms with Gasteiger partial charge in [-0.2, -0.15) is 5.10 Å². The van der Waals surface area contributed by atoms with Crippen molar-refractivity contribution in [3.05, 3.63) is 41.2 Å². The van der Waals surface area contributed by atoms with Crippen molar-refractivity contribution in [2.75, 3.05) is 19.9 Å². The molecule has 6 nitrogen and oxygen atoms in total. The minimum Gasteiger partial charge on any atom is -0.454 e. The van der Waals surface area contributed by atoms with Crippen LogP contribution < -0.4 is 15.2 Å². The Morgan fingerprint density at radius 2 is 2.14 bits per heavy atom. The summed E-state index contributed by atoms with van der Waals surface area (Å²) in [6, 6.07) is 7.87. The fraction of sp³-hybridized carbons (Fsp3) is 0.400. The van der Waals surface area contributed by atoms with E-state index in [1.807, 2.05) is 35.9 Å². The van der Waals surface area contributed by atoms with Crippen LogP contribution in [0, 0.1) is 6.92 Å². The summed E-state index contributed by atoms with van der Waals surface area (Å²) < 4.78 is 12.6. The first-order valence-electron chi connectivity index (χ1n) is 6.97. The third kappa shape index (κ3) is 2.59. The lowest BCUT2D eigenvalue weighted by Crippen LogP contribution is -2.19. The molecule has 0 saturated heterocycles. The topological polar surface area (TPSA) is 82.5 Å². The molecule has 2 heterocycles. The third-order valence-electron chi connectivity index (χ3n) is 3.64. The molecule has 1 aliphatic rings. The Morgan fingerprint density at radius 3 is 2.90 bits per heavy atom. The van der Waals surface area contributed by atoms with E-state index in [2.05, 4.69) is 5.10 Å². The molecular formula is C15H19N3O3. The van der Waals surface area contributed by atoms with Crippen molar-refractivity contribution in [3.8, 4) is 11.5 Å². The summed E-state index contributed by atoms with van der Waals surface area (Å²) in [5.41, 5.74) is 8.95. The third-order valence-corrected chi connectivity index (χ3v) is 3.64. The van der Waals surface area contributed by atoms with Crippen LogP contribution in [0.15, 0.2) is 24.3 Å². The molecule has 1 aromatic heterocycles. The van der Waals surface area contributed by atoms with Gasteiger partial charge < -0.3 is 20.3 Å². The summed E-state index contributed by atoms with van der Waals surface area (Å²) in [4.78, 5) is 0. The van der Waals surface area contributed by atoms with Gasteiger partial charge >= 0.3 is 0 Å². The van der Waals surface area contributed by atoms with Crippen LogP contribution in [0.25, 0.3) is 0 Å². The lowest BCUT2D eigenvalue weighted by Gasteiger charge is -2.17. The van der Waals surface area contributed by atoms with Crippen LogP contribution in [0.1, 0.15) is 22.9 Å². The second-order valence-electron chi connectivity index (χ2n) is 5.06. The maximum atomic E-state index is 9.18. The smallest absolute Gasteiger partial charge is 0.231 e. The Balaban J connectivity index is 1.98. The zero-order valence-corrected chi connectivity index (χ0v) is 12.0. The van der Waals surface area contributed by atoms with Crippen molar-refractivity contribution in [2.45, 2.75) is 19.4 Å². The van der Waals surface area contributed by atoms with Crippen LogP contribution in [0.3, 0.4) is 0 Å². The number of hydrogen-bond acceptors (Lipinski definition) is 5. The molecule has 0 bridgehead atoms. The van der Waals surface area contributed by atoms with Gasteiger partial charge in [0.15, 0.2) is 11.5 Å². The van der Waals surface area contributed by atoms with E-state index in [9.17, 15) is 5.11 Å². The number of rotatable bonds is 5. The Morgan fingerprint density at radius 1 is 1.33 bits per heavy atom. The number of nitrogens with two attached hydrogens (primary N) is 1. The lowest BCUT2D eigenvalue weighted by atomic mass is 9.95. The summed E-state index contributed by atoms with van der Waals surface area (Å²) in [6.45, 7) is 3.16. The zero-order chi connectivity index (χ0) is 14.8. The fourth-order valence-electron chi connectivity index (χ4n) is 2.68. The first-order chi connectivity index (χ1) is 10.2. The molecule has 0 amide bonds. The highest BCUT2D eigenvalue weighted by molar-refractivity contribution is 5.47. The maximum absolute atomic E-state index is 9.18. The average Bonchev–Trinajstić information content (AvgIpc) is 3.07. The SMILES string of the molecule is Cc1cc(C(CN)c2ccc3c(c2)OCO3)n(CCO)n1. The predicted octanol–water partition coefficient (Wildman–Crippen LogP) is 1.00. The number of benzene rings is 1. The largest absolute Gasteiger partial charge is 0.454 e. The van der Waals surface area contributed by atoms with Crippen molar-refractivity contribution in [3.63, 3.8) is 0 Å². The number of fused-ring (bicyclic) bond motifs is 1. The number of aliphatic hydroxyl groups excluding tert-OH is 1. The van der Waals surface area contributed by atoms with Gasteiger partial charge in [0.05, 0.1) is 18.8 Å². The molecule has 0 fully saturated rings. The summed E-state index contributed by atoms with van der Waals surface area (Å²) in [7, 11) is 0. The first kappa shape index (κ1) is 13.9. The minimum atomic E-state index is 0.00671. The van der Waals surface area contributed by atoms with Crippen molar-refractivity contribution >= 4 is 0 Å². The van der Waals surface area contributed by atoms with Crippen molar-refractivity contribution in [2.24, 2.45) is 5.73 Å². The number of ether oxygens (including phenoxy) is 2. The normalized spacial score (nSPS) is 14.4. The van der Waals surface area contributed by atoms with Crippen LogP contribution in [-0.2, 0) is 6.54 Å². The van der Waals surface area contributed by atoms with Gasteiger partial charge in [-0.25, -0.2) is 0 Å². The number of aryl methyl sites for hydroxylation is 1. The Hall–Kier alpha value is -2.05. The Labute approximate surface area is 123 Å². The predicted molar refractivity (Wildman–Crippen MR) is 77.5 cm³/mol. The van der Waals surface area contributed by atoms with E-state index in [1.54, 1.807) is 0 Å². The molecule has 3 rings (SSSR count). The van der Waals surface area contributed by atoms with Gasteiger partial charge in [-0.3, -0.25) is 4.68 Å². The zero-order valence-electron chi connectivity index (χ0n) is 12.0. The van der Waals surface area contributed by atoms with Crippen LogP contribution in [0.5, 0.6) is 11.5 Å². The maximum Gasteiger partial charge on any atom is 0.231 e. The van der Waals surface area contributed by atoms with Crippen LogP contribution >= 0.6 is 0 Å². The summed E-state index contributed by atoms with van der Waals surface area (Å²) in [5, 5.41) is 13.6. The molecule has 3 N–H and O–H groups in total. The van der Waals surface area contributed by atoms with Crippen molar-refractivity contribution in [1.82, 2.24) is 9.78 Å². The van der Waals surface area contributed by atoms with Gasteiger partial charge in [0.2, 0.25) is 6.79 Å². The van der Waals surface area contributed by atoms with E-state index in [0.29, 0.717) is 13.1 Å². The molecule has 0 spiro atoms. The van der Waals surface area contributed by atoms with E-state index >= 15 is 0 Å². The number of aliphatic hydroxyl groups is 1. The van der Waals surface area contributed by atoms with E-state index in [1.165, 1.54) is 0 Å². The molecule has 1 atom stereocenters. The van der Waals surface area contributed by atoms with E-state index in [-0.39, 0.29) is 19.3 Å². The summed E-state index contributed by atoms with van der Waals surface area (Å²) in [6.07, 6.45) is 0. The van der Waals surface area contributed by atoms with Gasteiger partial charge in [0.25, 0.3) is 0 Å². The highest BCUT2D eigenvalue weighted by atomic mass is 16.7. The molecule has 112 valence electrons. The van der Waals surface area contributed by atoms with Crippen molar-refractivity contribution < 1.29 is 14.6 Å². The van der Waals surface area contributed by atoms with Crippen LogP contribution in [0.2, 0.25) is 0 Å². The molecule has 0 radical (unpaired) electrons. The van der Waals surface area contributed by atoms with E-state index in [0.717, 1.165) is 28.5 Å². The van der Waals surface area contributed by atoms with Crippen molar-refractivity contribution in [1.29, 1.82) is 0 Å². The monoisotopic (exact) mass is 289 g/mol. The highest BCUT2D eigenvalue weighted by Gasteiger charge is 2.21. The van der Waals surface area contributed by atoms with Gasteiger partial charge in [-0.05, 0) is 30.7 Å². The number of nitrogens with zero attached hydrogens (tertiary/aromatic N) is 2. The van der Waals surface area contributed by atoms with Gasteiger partial charge in [-0.15, -0.1) is 0 Å². The first-order valence-corrected chi connectivity index (χ1v) is 6.97. The Bertz CT molecular complexity index is 639. The number of hydrogen-bond donors (Lipinski definition) is 2. The molecule has 1 unspecified atom stereocenters. The summed E-state index contributed by atoms with van der Waals surface area (Å²) in [5.74, 6) is 1.51. The molecule has 0 saturated carbocycles. The second-order valence-corrected chi connectivity index (χ2v) is 5.06. The minimum absolute atomic E-state index is 0.00671. The van der Waals surface area contributed by atoms with Gasteiger partial charge in [0, 0.05) is 18.2 Å². The van der Waals surface area contributed by atoms with Gasteiger partial charge in [0.1, 0.15) is 0 Å². The molecule has 1 aliphatic heterocycles. The van der Waals surface area contributed by atoms with E-state index < -0.39 is 0 Å². The summed E-state index contributed by atoms with van der Waals surface area (Å²) >= 11 is 0. The molecular weight excluding hydrogens is 270 g/mol. The van der Waals surface area contributed by atoms with Gasteiger partial charge in [-0.1, -0.05) is 6.07 Å². The quantitative estimate of drug-likeness (QED) is 0.858. The molecule has 0 aliphatic carbocycles. The van der Waals surface area contributed by atoms with Crippen LogP contribution in [0.4, 0.5) is 0 Å². The molecule has 2 aromatic rings. The molecule has 1 aromatic carbocycles. The highest BCUT2D eigenvalue weighted by Crippen LogP contribution is 2.36. The molecule has 6 heteroatoms. The number of aromatic nitrogens is 2. The Kier molecular flexibility index (Phi) is 3.81. The van der Waals surface area contributed by atoms with E-state index in [4.69, 9.17) is 15.2 Å². The van der Waals surface area contributed by atoms with Crippen LogP contribution in [-0.4, -0.2) is 34.8 Å². The fourth-order valence-corrected chi connectivity index (χ4v) is 2.68. The lowest BCUT2D eigenvalue weighted by molar-refractivity contribution is 0.174. The average molecular weight is 289 g/mol. The second kappa shape index (κ2) is 5.75. The standard InChI is InChI=1S/C15H19N3O3/c1-10-6-13(18(17-10)4-5-19)12(8-16)11-2-3-14-15(7-11)21-9-20-14/h2-3,6-7,12,19H,4-5,8-9,16H2,1H3. The molecule has 21 heavy (non-hydrogen) atoms.